The Hall–Kier alpha value is -0.480. The third kappa shape index (κ3) is 7.63. The number of aliphatic hydroxyl groups is 1. The zero-order valence-corrected chi connectivity index (χ0v) is 8.27. The zero-order chi connectivity index (χ0) is 9.23. The molecule has 0 heterocycles. The molecule has 0 radical (unpaired) electrons. The van der Waals surface area contributed by atoms with Gasteiger partial charge in [0.1, 0.15) is 0 Å². The molecule has 0 aliphatic carbocycles. The standard InChI is InChI=1S/C11H20O/c1-3-5-7-9-11(12)10-8-6-4-2/h11-12H,3,5,7-10H2,1-2H3. The minimum atomic E-state index is -0.127. The lowest BCUT2D eigenvalue weighted by atomic mass is 10.1. The molecule has 0 aliphatic rings. The van der Waals surface area contributed by atoms with Crippen LogP contribution in [0.3, 0.4) is 0 Å². The molecular formula is C11H20O. The van der Waals surface area contributed by atoms with Crippen LogP contribution in [-0.2, 0) is 0 Å². The van der Waals surface area contributed by atoms with Crippen molar-refractivity contribution in [2.45, 2.75) is 58.5 Å². The van der Waals surface area contributed by atoms with E-state index in [1.165, 1.54) is 12.8 Å². The first-order valence-corrected chi connectivity index (χ1v) is 4.89. The average Bonchev–Trinajstić information content (AvgIpc) is 2.06. The Balaban J connectivity index is 3.19. The van der Waals surface area contributed by atoms with Gasteiger partial charge in [-0.2, -0.15) is 0 Å². The molecule has 0 saturated heterocycles. The molecule has 0 aromatic heterocycles. The largest absolute Gasteiger partial charge is 0.393 e. The van der Waals surface area contributed by atoms with Gasteiger partial charge in [-0.05, 0) is 19.8 Å². The Labute approximate surface area is 76.2 Å². The van der Waals surface area contributed by atoms with Crippen molar-refractivity contribution >= 4 is 0 Å². The molecule has 1 nitrogen and oxygen atoms in total. The molecule has 0 aromatic rings. The molecule has 0 aromatic carbocycles. The van der Waals surface area contributed by atoms with Gasteiger partial charge in [0.2, 0.25) is 0 Å². The van der Waals surface area contributed by atoms with Crippen molar-refractivity contribution < 1.29 is 5.11 Å². The fourth-order valence-electron chi connectivity index (χ4n) is 1.14. The number of aliphatic hydroxyl groups excluding tert-OH is 1. The van der Waals surface area contributed by atoms with Gasteiger partial charge in [-0.3, -0.25) is 0 Å². The summed E-state index contributed by atoms with van der Waals surface area (Å²) < 4.78 is 0. The zero-order valence-electron chi connectivity index (χ0n) is 8.27. The van der Waals surface area contributed by atoms with E-state index in [1.54, 1.807) is 0 Å². The maximum atomic E-state index is 9.43. The lowest BCUT2D eigenvalue weighted by Gasteiger charge is -2.06. The van der Waals surface area contributed by atoms with E-state index < -0.39 is 0 Å². The normalized spacial score (nSPS) is 11.9. The molecule has 1 N–H and O–H groups in total. The van der Waals surface area contributed by atoms with E-state index in [-0.39, 0.29) is 6.10 Å². The first kappa shape index (κ1) is 11.5. The molecule has 1 atom stereocenters. The minimum Gasteiger partial charge on any atom is -0.393 e. The second-order valence-corrected chi connectivity index (χ2v) is 3.12. The quantitative estimate of drug-likeness (QED) is 0.477. The number of unbranched alkanes of at least 4 members (excludes halogenated alkanes) is 2. The van der Waals surface area contributed by atoms with Gasteiger partial charge in [-0.25, -0.2) is 0 Å². The Kier molecular flexibility index (Phi) is 8.27. The lowest BCUT2D eigenvalue weighted by molar-refractivity contribution is 0.153. The Morgan fingerprint density at radius 2 is 2.00 bits per heavy atom. The van der Waals surface area contributed by atoms with Gasteiger partial charge in [-0.1, -0.05) is 26.2 Å². The Bertz CT molecular complexity index is 141. The van der Waals surface area contributed by atoms with Gasteiger partial charge in [-0.15, -0.1) is 11.8 Å². The summed E-state index contributed by atoms with van der Waals surface area (Å²) in [4.78, 5) is 0. The molecule has 0 amide bonds. The number of hydrogen-bond donors (Lipinski definition) is 1. The van der Waals surface area contributed by atoms with E-state index in [2.05, 4.69) is 18.8 Å². The highest BCUT2D eigenvalue weighted by Gasteiger charge is 2.01. The van der Waals surface area contributed by atoms with E-state index in [0.29, 0.717) is 0 Å². The van der Waals surface area contributed by atoms with Crippen LogP contribution in [0.2, 0.25) is 0 Å². The summed E-state index contributed by atoms with van der Waals surface area (Å²) in [5.74, 6) is 5.79. The molecule has 0 saturated carbocycles. The summed E-state index contributed by atoms with van der Waals surface area (Å²) in [6.45, 7) is 4.01. The van der Waals surface area contributed by atoms with Crippen LogP contribution in [0.25, 0.3) is 0 Å². The highest BCUT2D eigenvalue weighted by molar-refractivity contribution is 4.94. The van der Waals surface area contributed by atoms with Crippen molar-refractivity contribution in [2.24, 2.45) is 0 Å². The average molecular weight is 168 g/mol. The molecule has 0 spiro atoms. The molecule has 0 aliphatic heterocycles. The van der Waals surface area contributed by atoms with E-state index in [0.717, 1.165) is 25.7 Å². The molecule has 0 rings (SSSR count). The predicted molar refractivity (Wildman–Crippen MR) is 52.8 cm³/mol. The van der Waals surface area contributed by atoms with E-state index in [1.807, 2.05) is 6.92 Å². The van der Waals surface area contributed by atoms with Crippen molar-refractivity contribution in [3.8, 4) is 11.8 Å². The van der Waals surface area contributed by atoms with Gasteiger partial charge < -0.3 is 5.11 Å². The second kappa shape index (κ2) is 8.62. The van der Waals surface area contributed by atoms with Crippen molar-refractivity contribution in [1.82, 2.24) is 0 Å². The predicted octanol–water partition coefficient (Wildman–Crippen LogP) is 2.73. The molecule has 1 heteroatoms. The third-order valence-corrected chi connectivity index (χ3v) is 1.92. The minimum absolute atomic E-state index is 0.127. The van der Waals surface area contributed by atoms with Gasteiger partial charge in [0, 0.05) is 6.42 Å². The summed E-state index contributed by atoms with van der Waals surface area (Å²) in [5, 5.41) is 9.43. The van der Waals surface area contributed by atoms with Crippen LogP contribution >= 0.6 is 0 Å². The van der Waals surface area contributed by atoms with Gasteiger partial charge in [0.25, 0.3) is 0 Å². The second-order valence-electron chi connectivity index (χ2n) is 3.12. The number of hydrogen-bond acceptors (Lipinski definition) is 1. The Morgan fingerprint density at radius 3 is 2.58 bits per heavy atom. The van der Waals surface area contributed by atoms with Crippen molar-refractivity contribution in [2.75, 3.05) is 0 Å². The molecule has 12 heavy (non-hydrogen) atoms. The van der Waals surface area contributed by atoms with Gasteiger partial charge in [0.15, 0.2) is 0 Å². The summed E-state index contributed by atoms with van der Waals surface area (Å²) in [7, 11) is 0. The van der Waals surface area contributed by atoms with Crippen molar-refractivity contribution in [3.05, 3.63) is 0 Å². The van der Waals surface area contributed by atoms with Crippen LogP contribution in [0.4, 0.5) is 0 Å². The van der Waals surface area contributed by atoms with Gasteiger partial charge >= 0.3 is 0 Å². The van der Waals surface area contributed by atoms with Crippen molar-refractivity contribution in [3.63, 3.8) is 0 Å². The molecule has 0 fully saturated rings. The molecule has 0 bridgehead atoms. The highest BCUT2D eigenvalue weighted by Crippen LogP contribution is 2.07. The SMILES string of the molecule is CC#CCCC(O)CCCCC. The fraction of sp³-hybridized carbons (Fsp3) is 0.818. The maximum absolute atomic E-state index is 9.43. The molecule has 70 valence electrons. The topological polar surface area (TPSA) is 20.2 Å². The monoisotopic (exact) mass is 168 g/mol. The van der Waals surface area contributed by atoms with Crippen molar-refractivity contribution in [1.29, 1.82) is 0 Å². The molecule has 1 unspecified atom stereocenters. The summed E-state index contributed by atoms with van der Waals surface area (Å²) >= 11 is 0. The lowest BCUT2D eigenvalue weighted by Crippen LogP contribution is -2.05. The first-order chi connectivity index (χ1) is 5.81. The summed E-state index contributed by atoms with van der Waals surface area (Å²) in [5.41, 5.74) is 0. The van der Waals surface area contributed by atoms with E-state index in [4.69, 9.17) is 0 Å². The van der Waals surface area contributed by atoms with Crippen LogP contribution in [0.5, 0.6) is 0 Å². The van der Waals surface area contributed by atoms with Crippen LogP contribution in [0.15, 0.2) is 0 Å². The molecular weight excluding hydrogens is 148 g/mol. The van der Waals surface area contributed by atoms with Gasteiger partial charge in [0.05, 0.1) is 6.10 Å². The van der Waals surface area contributed by atoms with E-state index >= 15 is 0 Å². The van der Waals surface area contributed by atoms with Crippen LogP contribution in [0.1, 0.15) is 52.4 Å². The van der Waals surface area contributed by atoms with E-state index in [9.17, 15) is 5.11 Å². The van der Waals surface area contributed by atoms with Crippen LogP contribution in [0, 0.1) is 11.8 Å². The fourth-order valence-corrected chi connectivity index (χ4v) is 1.14. The summed E-state index contributed by atoms with van der Waals surface area (Å²) in [6, 6.07) is 0. The Morgan fingerprint density at radius 1 is 1.25 bits per heavy atom. The highest BCUT2D eigenvalue weighted by atomic mass is 16.3. The third-order valence-electron chi connectivity index (χ3n) is 1.92. The smallest absolute Gasteiger partial charge is 0.0549 e. The number of rotatable bonds is 6. The maximum Gasteiger partial charge on any atom is 0.0549 e. The van der Waals surface area contributed by atoms with Crippen LogP contribution < -0.4 is 0 Å². The van der Waals surface area contributed by atoms with Crippen LogP contribution in [-0.4, -0.2) is 11.2 Å². The summed E-state index contributed by atoms with van der Waals surface area (Å²) in [6.07, 6.45) is 6.10. The first-order valence-electron chi connectivity index (χ1n) is 4.89.